The highest BCUT2D eigenvalue weighted by Crippen LogP contribution is 2.49. The van der Waals surface area contributed by atoms with Gasteiger partial charge in [0.05, 0.1) is 73.2 Å². The van der Waals surface area contributed by atoms with Gasteiger partial charge in [0.2, 0.25) is 44.8 Å². The van der Waals surface area contributed by atoms with Crippen LogP contribution in [0.2, 0.25) is 0 Å². The molecule has 0 saturated heterocycles. The van der Waals surface area contributed by atoms with E-state index in [4.69, 9.17) is 24.0 Å². The molecule has 4 aliphatic rings. The number of hydrogen-bond acceptors (Lipinski definition) is 4. The van der Waals surface area contributed by atoms with Gasteiger partial charge < -0.3 is 18.3 Å². The molecule has 4 aliphatic heterocycles. The number of nitrogens with zero attached hydrogens (tertiary/aromatic N) is 12. The number of aromatic nitrogens is 12. The molecule has 0 amide bonds. The van der Waals surface area contributed by atoms with Crippen LogP contribution >= 0.6 is 0 Å². The van der Waals surface area contributed by atoms with E-state index in [1.54, 1.807) is 0 Å². The molecule has 24 rings (SSSR count). The van der Waals surface area contributed by atoms with Crippen LogP contribution in [-0.4, -0.2) is 38.2 Å². The maximum atomic E-state index is 8.74. The van der Waals surface area contributed by atoms with Crippen LogP contribution in [0.5, 0.6) is 0 Å². The quantitative estimate of drug-likeness (QED) is 0.149. The molecule has 12 nitrogen and oxygen atoms in total. The lowest BCUT2D eigenvalue weighted by Gasteiger charge is -2.17. The Morgan fingerprint density at radius 2 is 0.648 bits per heavy atom. The van der Waals surface area contributed by atoms with Crippen molar-refractivity contribution in [2.24, 2.45) is 34.1 Å². The van der Waals surface area contributed by atoms with Gasteiger partial charge in [-0.3, -0.25) is 0 Å². The molecule has 12 aromatic carbocycles. The first-order valence-electron chi connectivity index (χ1n) is 45.5. The van der Waals surface area contributed by atoms with Crippen molar-refractivity contribution in [2.45, 2.75) is 135 Å². The summed E-state index contributed by atoms with van der Waals surface area (Å²) in [6.07, 6.45) is 10.6. The third-order valence-electron chi connectivity index (χ3n) is 27.3. The normalized spacial score (nSPS) is 13.2. The summed E-state index contributed by atoms with van der Waals surface area (Å²) in [6, 6.07) is 78.1. The topological polar surface area (TPSA) is 86.8 Å². The fourth-order valence-electron chi connectivity index (χ4n) is 21.9. The summed E-state index contributed by atoms with van der Waals surface area (Å²) < 4.78 is 44.5. The molecular weight excluding hydrogens is 1530 g/mol. The molecule has 12 heterocycles. The minimum atomic E-state index is -1.40. The Morgan fingerprint density at radius 1 is 0.320 bits per heavy atom. The third-order valence-corrected chi connectivity index (χ3v) is 27.3. The summed E-state index contributed by atoms with van der Waals surface area (Å²) in [7, 11) is 8.63. The minimum absolute atomic E-state index is 0.116. The van der Waals surface area contributed by atoms with Crippen molar-refractivity contribution in [3.63, 3.8) is 0 Å². The zero-order valence-corrected chi connectivity index (χ0v) is 74.9. The van der Waals surface area contributed by atoms with E-state index in [0.717, 1.165) is 110 Å². The van der Waals surface area contributed by atoms with E-state index < -0.39 is 12.3 Å². The van der Waals surface area contributed by atoms with Crippen LogP contribution in [0.4, 0.5) is 0 Å². The highest BCUT2D eigenvalue weighted by atomic mass is 15.1. The first kappa shape index (κ1) is 74.9. The van der Waals surface area contributed by atoms with E-state index in [2.05, 4.69) is 365 Å². The Hall–Kier alpha value is -13.8. The Balaban J connectivity index is 0.000000104. The number of aryl methyl sites for hydroxylation is 14. The molecule has 0 unspecified atom stereocenters. The average molecular weight is 1640 g/mol. The summed E-state index contributed by atoms with van der Waals surface area (Å²) >= 11 is 0. The lowest BCUT2D eigenvalue weighted by Crippen LogP contribution is -2.33. The fraction of sp³-hybridized carbons (Fsp3) is 0.221. The predicted molar refractivity (Wildman–Crippen MR) is 512 cm³/mol. The van der Waals surface area contributed by atoms with Crippen LogP contribution in [0.25, 0.3) is 154 Å². The van der Waals surface area contributed by atoms with Gasteiger partial charge in [-0.25, -0.2) is 19.9 Å². The van der Waals surface area contributed by atoms with Crippen LogP contribution in [0.1, 0.15) is 151 Å². The van der Waals surface area contributed by atoms with Crippen molar-refractivity contribution in [3.8, 4) is 67.8 Å². The molecule has 20 aromatic rings. The van der Waals surface area contributed by atoms with Gasteiger partial charge >= 0.3 is 0 Å². The fourth-order valence-corrected chi connectivity index (χ4v) is 21.9. The molecule has 614 valence electrons. The molecular formula is C113H106N12+4. The van der Waals surface area contributed by atoms with E-state index in [9.17, 15) is 0 Å². The summed E-state index contributed by atoms with van der Waals surface area (Å²) in [5, 5.41) is 15.1. The monoisotopic (exact) mass is 1630 g/mol. The van der Waals surface area contributed by atoms with E-state index in [0.29, 0.717) is 0 Å². The molecule has 0 fully saturated rings. The smallest absolute Gasteiger partial charge is 0.213 e. The van der Waals surface area contributed by atoms with Crippen molar-refractivity contribution in [2.75, 3.05) is 0 Å². The SMILES string of the molecule is Cc1cn2c(n1)Cc1c(-c3cc(C)c4c(C)cccc4[n+]3C)c(C)c3ccccc3c1-2.Cc1cn2c(n1)Cc1c(-c3ccc4ccccc4[n+]3C)c(C)c3ccccc3c1-2.[2H]C(C)(C)c1cccc2c1ccc(-c1c3c(c4ccccc4c1C)-n1cc(C)nc1C3)[n+]2C.[2H]C([2H])(c1cccc2c1ccc(-c1c3c(c4ccccc4c1C)-n1cc(C)nc1C3)[n+]2C)C(C)C. The van der Waals surface area contributed by atoms with Gasteiger partial charge in [-0.15, -0.1) is 0 Å². The molecule has 12 heteroatoms. The Labute approximate surface area is 735 Å². The predicted octanol–water partition coefficient (Wildman–Crippen LogP) is 23.7. The first-order chi connectivity index (χ1) is 61.5. The van der Waals surface area contributed by atoms with Crippen LogP contribution in [-0.2, 0) is 60.2 Å². The molecule has 0 saturated carbocycles. The lowest BCUT2D eigenvalue weighted by atomic mass is 9.89. The molecule has 8 aromatic heterocycles. The number of hydrogen-bond donors (Lipinski definition) is 0. The number of benzene rings is 12. The first-order valence-corrected chi connectivity index (χ1v) is 44.0. The van der Waals surface area contributed by atoms with Crippen molar-refractivity contribution in [3.05, 3.63) is 356 Å². The third kappa shape index (κ3) is 12.4. The summed E-state index contributed by atoms with van der Waals surface area (Å²) in [5.74, 6) is 3.71. The molecule has 0 bridgehead atoms. The molecule has 125 heavy (non-hydrogen) atoms. The molecule has 0 radical (unpaired) electrons. The summed E-state index contributed by atoms with van der Waals surface area (Å²) in [5.41, 5.74) is 39.3. The zero-order valence-electron chi connectivity index (χ0n) is 77.9. The van der Waals surface area contributed by atoms with Gasteiger partial charge in [-0.1, -0.05) is 173 Å². The summed E-state index contributed by atoms with van der Waals surface area (Å²) in [6.45, 7) is 29.5. The number of imidazole rings is 4. The zero-order chi connectivity index (χ0) is 88.9. The number of rotatable bonds is 7. The van der Waals surface area contributed by atoms with Crippen molar-refractivity contribution < 1.29 is 22.4 Å². The Morgan fingerprint density at radius 3 is 1.06 bits per heavy atom. The highest BCUT2D eigenvalue weighted by Gasteiger charge is 2.37. The van der Waals surface area contributed by atoms with Gasteiger partial charge in [-0.05, 0) is 200 Å². The van der Waals surface area contributed by atoms with Crippen LogP contribution < -0.4 is 18.3 Å². The van der Waals surface area contributed by atoms with Gasteiger partial charge in [0.25, 0.3) is 0 Å². The largest absolute Gasteiger partial charge is 0.302 e. The second-order valence-corrected chi connectivity index (χ2v) is 35.8. The van der Waals surface area contributed by atoms with Gasteiger partial charge in [0, 0.05) is 141 Å². The maximum Gasteiger partial charge on any atom is 0.213 e. The second-order valence-electron chi connectivity index (χ2n) is 35.8. The molecule has 0 N–H and O–H groups in total. The van der Waals surface area contributed by atoms with Crippen molar-refractivity contribution in [1.29, 1.82) is 0 Å². The van der Waals surface area contributed by atoms with Crippen LogP contribution in [0.3, 0.4) is 0 Å². The van der Waals surface area contributed by atoms with E-state index >= 15 is 0 Å². The Bertz CT molecular complexity index is 8180. The maximum absolute atomic E-state index is 8.74. The van der Waals surface area contributed by atoms with Gasteiger partial charge in [0.1, 0.15) is 51.5 Å². The summed E-state index contributed by atoms with van der Waals surface area (Å²) in [4.78, 5) is 19.3. The van der Waals surface area contributed by atoms with E-state index in [1.165, 1.54) is 183 Å². The molecule has 0 atom stereocenters. The average Bonchev–Trinajstić information content (AvgIpc) is 1.42. The molecule has 0 aliphatic carbocycles. The second kappa shape index (κ2) is 30.0. The van der Waals surface area contributed by atoms with Crippen molar-refractivity contribution >= 4 is 86.7 Å². The number of para-hydroxylation sites is 1. The van der Waals surface area contributed by atoms with Crippen molar-refractivity contribution in [1.82, 2.24) is 38.2 Å². The van der Waals surface area contributed by atoms with E-state index in [1.807, 2.05) is 39.8 Å². The van der Waals surface area contributed by atoms with Gasteiger partial charge in [-0.2, -0.15) is 18.3 Å². The highest BCUT2D eigenvalue weighted by molar-refractivity contribution is 6.05. The van der Waals surface area contributed by atoms with Gasteiger partial charge in [0.15, 0.2) is 0 Å². The Kier molecular flexibility index (Phi) is 18.0. The van der Waals surface area contributed by atoms with Crippen LogP contribution in [0, 0.1) is 75.2 Å². The standard InChI is InChI=1S/C30H30N3.C29H28N3.C28H26N3.C26H22N3/c1-18(2)15-21-9-8-12-26-23(21)13-14-27(32(26)5)29-20(4)22-10-6-7-11-24(22)30-25(29)16-28-31-19(3)17-33(28)30;1-17(2)20-11-8-12-25-22(20)13-14-26(31(25)5)28-19(4)21-9-6-7-10-23(21)29-24(28)15-27-30-18(3)16-32(27)29;1-16-9-8-12-23-26(16)17(2)13-24(30(23)5)27-19(4)20-10-6-7-11-21(20)28-22(27)14-25-29-18(3)15-31(25)28;1-16-15-29-24(27-16)14-21-25(17(2)19-9-5-6-10-20(19)26(21)29)23-13-12-18-8-4-7-11-22(18)28(23)3/h6-14,17-18H,15-16H2,1-5H3;6-14,16-17H,15H2,1-5H3;6-13,15H,14H2,1-5H3;4-13,15H,14H2,1-3H3/q4*+1/i15D2;17D;;. The number of fused-ring (bicyclic) bond motifs is 24. The minimum Gasteiger partial charge on any atom is -0.302 e. The lowest BCUT2D eigenvalue weighted by molar-refractivity contribution is -0.633. The number of pyridine rings is 4. The van der Waals surface area contributed by atoms with Crippen LogP contribution in [0.15, 0.2) is 243 Å². The van der Waals surface area contributed by atoms with E-state index in [-0.39, 0.29) is 5.92 Å². The molecule has 0 spiro atoms.